The highest BCUT2D eigenvalue weighted by molar-refractivity contribution is 9.10. The lowest BCUT2D eigenvalue weighted by molar-refractivity contribution is -0.136. The summed E-state index contributed by atoms with van der Waals surface area (Å²) in [4.78, 5) is 10.6. The molecule has 0 unspecified atom stereocenters. The number of hydrogen-bond acceptors (Lipinski definition) is 2. The molecular formula is C11H7BrF2N2O2. The van der Waals surface area contributed by atoms with Crippen molar-refractivity contribution in [3.8, 4) is 11.3 Å². The van der Waals surface area contributed by atoms with Crippen LogP contribution in [-0.4, -0.2) is 21.3 Å². The molecule has 0 saturated carbocycles. The van der Waals surface area contributed by atoms with E-state index in [0.717, 1.165) is 18.2 Å². The average Bonchev–Trinajstić information content (AvgIpc) is 2.64. The van der Waals surface area contributed by atoms with Gasteiger partial charge in [-0.2, -0.15) is 5.10 Å². The van der Waals surface area contributed by atoms with Gasteiger partial charge in [-0.15, -0.1) is 0 Å². The van der Waals surface area contributed by atoms with Crippen LogP contribution in [0.3, 0.4) is 0 Å². The number of carbonyl (C=O) groups is 1. The highest BCUT2D eigenvalue weighted by atomic mass is 79.9. The van der Waals surface area contributed by atoms with Gasteiger partial charge in [-0.05, 0) is 34.1 Å². The van der Waals surface area contributed by atoms with Gasteiger partial charge in [0, 0.05) is 5.56 Å². The predicted octanol–water partition coefficient (Wildman–Crippen LogP) is 2.74. The molecule has 2 rings (SSSR count). The van der Waals surface area contributed by atoms with Crippen LogP contribution in [0.25, 0.3) is 11.3 Å². The lowest BCUT2D eigenvalue weighted by Crippen LogP contribution is -2.00. The van der Waals surface area contributed by atoms with Gasteiger partial charge in [0.05, 0.1) is 16.6 Å². The molecule has 4 nitrogen and oxygen atoms in total. The molecule has 1 aromatic heterocycles. The first-order valence-corrected chi connectivity index (χ1v) is 5.68. The van der Waals surface area contributed by atoms with Crippen molar-refractivity contribution >= 4 is 21.9 Å². The second kappa shape index (κ2) is 4.85. The number of H-pyrrole nitrogens is 1. The molecule has 1 aromatic carbocycles. The third-order valence-corrected chi connectivity index (χ3v) is 3.14. The Morgan fingerprint density at radius 3 is 2.83 bits per heavy atom. The van der Waals surface area contributed by atoms with E-state index in [4.69, 9.17) is 5.11 Å². The maximum Gasteiger partial charge on any atom is 0.309 e. The van der Waals surface area contributed by atoms with Crippen molar-refractivity contribution in [3.63, 3.8) is 0 Å². The lowest BCUT2D eigenvalue weighted by Gasteiger charge is -2.00. The molecular weight excluding hydrogens is 310 g/mol. The number of nitrogens with zero attached hydrogens (tertiary/aromatic N) is 1. The maximum absolute atomic E-state index is 13.5. The minimum atomic E-state index is -1.05. The van der Waals surface area contributed by atoms with E-state index in [1.54, 1.807) is 0 Å². The lowest BCUT2D eigenvalue weighted by atomic mass is 10.1. The van der Waals surface area contributed by atoms with Crippen molar-refractivity contribution in [2.24, 2.45) is 0 Å². The first-order chi connectivity index (χ1) is 8.49. The van der Waals surface area contributed by atoms with E-state index in [9.17, 15) is 13.6 Å². The molecule has 7 heteroatoms. The molecule has 0 atom stereocenters. The molecule has 94 valence electrons. The van der Waals surface area contributed by atoms with Gasteiger partial charge in [-0.25, -0.2) is 8.78 Å². The molecule has 0 bridgehead atoms. The number of hydrogen-bond donors (Lipinski definition) is 2. The third-order valence-electron chi connectivity index (χ3n) is 2.29. The molecule has 0 aliphatic carbocycles. The van der Waals surface area contributed by atoms with Crippen LogP contribution in [0.15, 0.2) is 22.7 Å². The van der Waals surface area contributed by atoms with Gasteiger partial charge in [-0.1, -0.05) is 0 Å². The zero-order chi connectivity index (χ0) is 13.3. The number of nitrogens with one attached hydrogen (secondary N) is 1. The highest BCUT2D eigenvalue weighted by Gasteiger charge is 2.17. The fraction of sp³-hybridized carbons (Fsp3) is 0.0909. The standard InChI is InChI=1S/C11H7BrF2N2O2/c12-10-8(4-9(17)18)15-16-11(10)6-3-5(13)1-2-7(6)14/h1-3H,4H2,(H,15,16)(H,17,18). The number of carboxylic acid groups (broad SMARTS) is 1. The van der Waals surface area contributed by atoms with Gasteiger partial charge in [0.1, 0.15) is 17.3 Å². The fourth-order valence-electron chi connectivity index (χ4n) is 1.49. The molecule has 2 aromatic rings. The maximum atomic E-state index is 13.5. The number of halogens is 3. The second-order valence-corrected chi connectivity index (χ2v) is 4.35. The van der Waals surface area contributed by atoms with E-state index in [1.807, 2.05) is 0 Å². The quantitative estimate of drug-likeness (QED) is 0.915. The Morgan fingerprint density at radius 1 is 1.44 bits per heavy atom. The van der Waals surface area contributed by atoms with E-state index >= 15 is 0 Å². The van der Waals surface area contributed by atoms with Crippen molar-refractivity contribution in [2.75, 3.05) is 0 Å². The summed E-state index contributed by atoms with van der Waals surface area (Å²) in [7, 11) is 0. The molecule has 0 aliphatic rings. The Balaban J connectivity index is 2.48. The predicted molar refractivity (Wildman–Crippen MR) is 63.0 cm³/mol. The van der Waals surface area contributed by atoms with E-state index in [2.05, 4.69) is 26.1 Å². The molecule has 0 fully saturated rings. The van der Waals surface area contributed by atoms with E-state index in [1.165, 1.54) is 0 Å². The average molecular weight is 317 g/mol. The number of aromatic nitrogens is 2. The zero-order valence-corrected chi connectivity index (χ0v) is 10.5. The summed E-state index contributed by atoms with van der Waals surface area (Å²) in [5.74, 6) is -2.28. The zero-order valence-electron chi connectivity index (χ0n) is 8.88. The smallest absolute Gasteiger partial charge is 0.309 e. The van der Waals surface area contributed by atoms with Crippen molar-refractivity contribution in [1.29, 1.82) is 0 Å². The SMILES string of the molecule is O=C(O)Cc1[nH]nc(-c2cc(F)ccc2F)c1Br. The van der Waals surface area contributed by atoms with Gasteiger partial charge in [0.2, 0.25) is 0 Å². The first kappa shape index (κ1) is 12.7. The van der Waals surface area contributed by atoms with Gasteiger partial charge in [0.25, 0.3) is 0 Å². The van der Waals surface area contributed by atoms with E-state index < -0.39 is 17.6 Å². The summed E-state index contributed by atoms with van der Waals surface area (Å²) < 4.78 is 26.9. The number of rotatable bonds is 3. The molecule has 0 aliphatic heterocycles. The molecule has 0 radical (unpaired) electrons. The molecule has 1 heterocycles. The number of benzene rings is 1. The number of carboxylic acids is 1. The van der Waals surface area contributed by atoms with Gasteiger partial charge < -0.3 is 5.11 Å². The van der Waals surface area contributed by atoms with Crippen LogP contribution in [0, 0.1) is 11.6 Å². The number of aromatic amines is 1. The Hall–Kier alpha value is -1.76. The fourth-order valence-corrected chi connectivity index (χ4v) is 2.02. The van der Waals surface area contributed by atoms with Crippen LogP contribution in [0.4, 0.5) is 8.78 Å². The summed E-state index contributed by atoms with van der Waals surface area (Å²) >= 11 is 3.13. The van der Waals surface area contributed by atoms with Crippen molar-refractivity contribution in [2.45, 2.75) is 6.42 Å². The molecule has 0 saturated heterocycles. The van der Waals surface area contributed by atoms with Gasteiger partial charge in [0.15, 0.2) is 0 Å². The monoisotopic (exact) mass is 316 g/mol. The molecule has 0 spiro atoms. The Morgan fingerprint density at radius 2 is 2.17 bits per heavy atom. The largest absolute Gasteiger partial charge is 0.481 e. The molecule has 2 N–H and O–H groups in total. The Bertz CT molecular complexity index is 613. The first-order valence-electron chi connectivity index (χ1n) is 4.89. The van der Waals surface area contributed by atoms with Crippen molar-refractivity contribution < 1.29 is 18.7 Å². The van der Waals surface area contributed by atoms with E-state index in [0.29, 0.717) is 10.2 Å². The summed E-state index contributed by atoms with van der Waals surface area (Å²) in [5, 5.41) is 15.0. The van der Waals surface area contributed by atoms with Gasteiger partial charge >= 0.3 is 5.97 Å². The molecule has 18 heavy (non-hydrogen) atoms. The third kappa shape index (κ3) is 2.40. The summed E-state index contributed by atoms with van der Waals surface area (Å²) in [6.07, 6.45) is -0.287. The summed E-state index contributed by atoms with van der Waals surface area (Å²) in [5.41, 5.74) is 0.402. The highest BCUT2D eigenvalue weighted by Crippen LogP contribution is 2.31. The van der Waals surface area contributed by atoms with Crippen molar-refractivity contribution in [1.82, 2.24) is 10.2 Å². The van der Waals surface area contributed by atoms with E-state index in [-0.39, 0.29) is 17.7 Å². The normalized spacial score (nSPS) is 10.6. The van der Waals surface area contributed by atoms with Crippen LogP contribution < -0.4 is 0 Å². The topological polar surface area (TPSA) is 66.0 Å². The minimum absolute atomic E-state index is 0.0326. The molecule has 0 amide bonds. The summed E-state index contributed by atoms with van der Waals surface area (Å²) in [6, 6.07) is 2.99. The van der Waals surface area contributed by atoms with Crippen LogP contribution in [-0.2, 0) is 11.2 Å². The van der Waals surface area contributed by atoms with Crippen molar-refractivity contribution in [3.05, 3.63) is 40.0 Å². The van der Waals surface area contributed by atoms with Crippen LogP contribution >= 0.6 is 15.9 Å². The van der Waals surface area contributed by atoms with Crippen LogP contribution in [0.5, 0.6) is 0 Å². The van der Waals surface area contributed by atoms with Crippen LogP contribution in [0.2, 0.25) is 0 Å². The number of aliphatic carboxylic acids is 1. The Kier molecular flexibility index (Phi) is 3.42. The van der Waals surface area contributed by atoms with Crippen LogP contribution in [0.1, 0.15) is 5.69 Å². The Labute approximate surface area is 109 Å². The second-order valence-electron chi connectivity index (χ2n) is 3.56. The summed E-state index contributed by atoms with van der Waals surface area (Å²) in [6.45, 7) is 0. The minimum Gasteiger partial charge on any atom is -0.481 e. The van der Waals surface area contributed by atoms with Gasteiger partial charge in [-0.3, -0.25) is 9.89 Å².